The first kappa shape index (κ1) is 16.7. The molecule has 2 amide bonds. The standard InChI is InChI=1S/C19H22N2O2/c1-11-9-14(4)17(15(5)10-11)21-19(23)18(22)20-16-12(2)7-6-8-13(16)3/h6-10H,1-5H3,(H,20,22)(H,21,23). The van der Waals surface area contributed by atoms with E-state index in [0.717, 1.165) is 27.8 Å². The first-order valence-corrected chi connectivity index (χ1v) is 7.56. The topological polar surface area (TPSA) is 58.2 Å². The first-order chi connectivity index (χ1) is 10.8. The summed E-state index contributed by atoms with van der Waals surface area (Å²) in [7, 11) is 0. The van der Waals surface area contributed by atoms with E-state index in [1.807, 2.05) is 65.0 Å². The van der Waals surface area contributed by atoms with E-state index in [9.17, 15) is 9.59 Å². The quantitative estimate of drug-likeness (QED) is 0.829. The van der Waals surface area contributed by atoms with Crippen LogP contribution in [0.3, 0.4) is 0 Å². The van der Waals surface area contributed by atoms with Gasteiger partial charge in [-0.05, 0) is 56.9 Å². The summed E-state index contributed by atoms with van der Waals surface area (Å²) in [5.74, 6) is -1.33. The van der Waals surface area contributed by atoms with Crippen LogP contribution in [0.5, 0.6) is 0 Å². The largest absolute Gasteiger partial charge is 0.317 e. The van der Waals surface area contributed by atoms with Crippen molar-refractivity contribution < 1.29 is 9.59 Å². The molecule has 0 saturated heterocycles. The molecule has 0 fully saturated rings. The van der Waals surface area contributed by atoms with Crippen LogP contribution >= 0.6 is 0 Å². The Labute approximate surface area is 136 Å². The predicted octanol–water partition coefficient (Wildman–Crippen LogP) is 3.81. The lowest BCUT2D eigenvalue weighted by molar-refractivity contribution is -0.133. The van der Waals surface area contributed by atoms with E-state index in [-0.39, 0.29) is 0 Å². The maximum atomic E-state index is 12.2. The van der Waals surface area contributed by atoms with E-state index in [1.54, 1.807) is 0 Å². The molecule has 2 rings (SSSR count). The van der Waals surface area contributed by atoms with Gasteiger partial charge >= 0.3 is 11.8 Å². The van der Waals surface area contributed by atoms with Crippen LogP contribution in [0.15, 0.2) is 30.3 Å². The minimum Gasteiger partial charge on any atom is -0.317 e. The Morgan fingerprint density at radius 3 is 1.52 bits per heavy atom. The molecule has 0 atom stereocenters. The maximum absolute atomic E-state index is 12.2. The molecule has 0 spiro atoms. The average molecular weight is 310 g/mol. The van der Waals surface area contributed by atoms with Crippen LogP contribution < -0.4 is 10.6 Å². The van der Waals surface area contributed by atoms with E-state index >= 15 is 0 Å². The second kappa shape index (κ2) is 6.65. The molecule has 0 radical (unpaired) electrons. The van der Waals surface area contributed by atoms with Crippen LogP contribution in [0, 0.1) is 34.6 Å². The molecule has 0 bridgehead atoms. The van der Waals surface area contributed by atoms with Gasteiger partial charge in [0.05, 0.1) is 0 Å². The summed E-state index contributed by atoms with van der Waals surface area (Å²) in [4.78, 5) is 24.4. The SMILES string of the molecule is Cc1cc(C)c(NC(=O)C(=O)Nc2c(C)cccc2C)c(C)c1. The molecule has 23 heavy (non-hydrogen) atoms. The van der Waals surface area contributed by atoms with E-state index < -0.39 is 11.8 Å². The molecule has 0 aromatic heterocycles. The smallest absolute Gasteiger partial charge is 0.314 e. The molecule has 4 nitrogen and oxygen atoms in total. The summed E-state index contributed by atoms with van der Waals surface area (Å²) in [5, 5.41) is 5.41. The van der Waals surface area contributed by atoms with Crippen LogP contribution in [0.25, 0.3) is 0 Å². The zero-order valence-corrected chi connectivity index (χ0v) is 14.2. The molecule has 0 unspecified atom stereocenters. The normalized spacial score (nSPS) is 10.3. The van der Waals surface area contributed by atoms with Crippen molar-refractivity contribution in [3.05, 3.63) is 58.1 Å². The van der Waals surface area contributed by atoms with E-state index in [4.69, 9.17) is 0 Å². The molecule has 4 heteroatoms. The van der Waals surface area contributed by atoms with Gasteiger partial charge in [0.15, 0.2) is 0 Å². The number of carbonyl (C=O) groups is 2. The minimum atomic E-state index is -0.665. The van der Waals surface area contributed by atoms with Crippen LogP contribution in [-0.2, 0) is 9.59 Å². The summed E-state index contributed by atoms with van der Waals surface area (Å²) < 4.78 is 0. The van der Waals surface area contributed by atoms with Crippen molar-refractivity contribution in [1.82, 2.24) is 0 Å². The molecule has 2 N–H and O–H groups in total. The third-order valence-corrected chi connectivity index (χ3v) is 3.84. The second-order valence-corrected chi connectivity index (χ2v) is 5.95. The Hall–Kier alpha value is -2.62. The van der Waals surface area contributed by atoms with Crippen molar-refractivity contribution in [1.29, 1.82) is 0 Å². The Morgan fingerprint density at radius 2 is 1.09 bits per heavy atom. The number of hydrogen-bond acceptors (Lipinski definition) is 2. The molecule has 0 saturated carbocycles. The number of aryl methyl sites for hydroxylation is 5. The Balaban J connectivity index is 2.17. The highest BCUT2D eigenvalue weighted by Crippen LogP contribution is 2.22. The highest BCUT2D eigenvalue weighted by Gasteiger charge is 2.17. The van der Waals surface area contributed by atoms with E-state index in [1.165, 1.54) is 0 Å². The maximum Gasteiger partial charge on any atom is 0.314 e. The molecule has 120 valence electrons. The number of rotatable bonds is 2. The molecular weight excluding hydrogens is 288 g/mol. The molecule has 2 aromatic rings. The number of nitrogens with one attached hydrogen (secondary N) is 2. The summed E-state index contributed by atoms with van der Waals surface area (Å²) in [6.07, 6.45) is 0. The molecular formula is C19H22N2O2. The van der Waals surface area contributed by atoms with Gasteiger partial charge in [-0.1, -0.05) is 35.9 Å². The van der Waals surface area contributed by atoms with Crippen LogP contribution in [-0.4, -0.2) is 11.8 Å². The molecule has 0 aliphatic rings. The molecule has 0 aliphatic heterocycles. The predicted molar refractivity (Wildman–Crippen MR) is 93.8 cm³/mol. The monoisotopic (exact) mass is 310 g/mol. The van der Waals surface area contributed by atoms with Gasteiger partial charge in [-0.25, -0.2) is 0 Å². The summed E-state index contributed by atoms with van der Waals surface area (Å²) >= 11 is 0. The number of benzene rings is 2. The van der Waals surface area contributed by atoms with Crippen molar-refractivity contribution in [2.45, 2.75) is 34.6 Å². The average Bonchev–Trinajstić information content (AvgIpc) is 2.46. The van der Waals surface area contributed by atoms with Gasteiger partial charge in [0.1, 0.15) is 0 Å². The fraction of sp³-hybridized carbons (Fsp3) is 0.263. The lowest BCUT2D eigenvalue weighted by atomic mass is 10.1. The first-order valence-electron chi connectivity index (χ1n) is 7.56. The minimum absolute atomic E-state index is 0.664. The van der Waals surface area contributed by atoms with Gasteiger partial charge < -0.3 is 10.6 Å². The van der Waals surface area contributed by atoms with Crippen molar-refractivity contribution in [3.63, 3.8) is 0 Å². The fourth-order valence-corrected chi connectivity index (χ4v) is 2.73. The lowest BCUT2D eigenvalue weighted by Gasteiger charge is -2.14. The van der Waals surface area contributed by atoms with E-state index in [2.05, 4.69) is 10.6 Å². The van der Waals surface area contributed by atoms with Crippen molar-refractivity contribution in [3.8, 4) is 0 Å². The van der Waals surface area contributed by atoms with Crippen molar-refractivity contribution in [2.75, 3.05) is 10.6 Å². The third-order valence-electron chi connectivity index (χ3n) is 3.84. The van der Waals surface area contributed by atoms with Gasteiger partial charge in [0.25, 0.3) is 0 Å². The van der Waals surface area contributed by atoms with Crippen LogP contribution in [0.4, 0.5) is 11.4 Å². The second-order valence-electron chi connectivity index (χ2n) is 5.95. The number of anilines is 2. The van der Waals surface area contributed by atoms with Crippen LogP contribution in [0.1, 0.15) is 27.8 Å². The van der Waals surface area contributed by atoms with E-state index in [0.29, 0.717) is 11.4 Å². The number of amides is 2. The number of carbonyl (C=O) groups excluding carboxylic acids is 2. The highest BCUT2D eigenvalue weighted by atomic mass is 16.2. The molecule has 2 aromatic carbocycles. The molecule has 0 aliphatic carbocycles. The third kappa shape index (κ3) is 3.77. The van der Waals surface area contributed by atoms with Gasteiger partial charge in [-0.3, -0.25) is 9.59 Å². The van der Waals surface area contributed by atoms with Crippen molar-refractivity contribution >= 4 is 23.2 Å². The van der Waals surface area contributed by atoms with Gasteiger partial charge in [-0.15, -0.1) is 0 Å². The van der Waals surface area contributed by atoms with Crippen LogP contribution in [0.2, 0.25) is 0 Å². The Morgan fingerprint density at radius 1 is 0.696 bits per heavy atom. The number of hydrogen-bond donors (Lipinski definition) is 2. The summed E-state index contributed by atoms with van der Waals surface area (Å²) in [5.41, 5.74) is 6.23. The highest BCUT2D eigenvalue weighted by molar-refractivity contribution is 6.44. The lowest BCUT2D eigenvalue weighted by Crippen LogP contribution is -2.30. The van der Waals surface area contributed by atoms with Gasteiger partial charge in [0, 0.05) is 11.4 Å². The van der Waals surface area contributed by atoms with Gasteiger partial charge in [-0.2, -0.15) is 0 Å². The van der Waals surface area contributed by atoms with Gasteiger partial charge in [0.2, 0.25) is 0 Å². The Bertz CT molecular complexity index is 736. The zero-order chi connectivity index (χ0) is 17.1. The summed E-state index contributed by atoms with van der Waals surface area (Å²) in [6, 6.07) is 9.67. The zero-order valence-electron chi connectivity index (χ0n) is 14.2. The number of para-hydroxylation sites is 1. The molecule has 0 heterocycles. The summed E-state index contributed by atoms with van der Waals surface area (Å²) in [6.45, 7) is 9.63. The Kier molecular flexibility index (Phi) is 4.84. The fourth-order valence-electron chi connectivity index (χ4n) is 2.73. The van der Waals surface area contributed by atoms with Crippen molar-refractivity contribution in [2.24, 2.45) is 0 Å².